The van der Waals surface area contributed by atoms with E-state index in [2.05, 4.69) is 132 Å². The number of allylic oxidation sites excluding steroid dienone is 12. The summed E-state index contributed by atoms with van der Waals surface area (Å²) in [7, 11) is 0. The first-order valence-electron chi connectivity index (χ1n) is 13.6. The zero-order chi connectivity index (χ0) is 24.9. The average Bonchev–Trinajstić information content (AvgIpc) is 3.36. The van der Waals surface area contributed by atoms with Crippen LogP contribution in [0.2, 0.25) is 0 Å². The number of imidazole rings is 1. The molecule has 9 rings (SSSR count). The van der Waals surface area contributed by atoms with Crippen molar-refractivity contribution in [2.24, 2.45) is 16.7 Å². The van der Waals surface area contributed by atoms with Crippen LogP contribution in [0.1, 0.15) is 18.4 Å². The molecule has 2 nitrogen and oxygen atoms in total. The number of fused-ring (bicyclic) bond motifs is 1. The molecule has 0 saturated heterocycles. The summed E-state index contributed by atoms with van der Waals surface area (Å²) in [5.74, 6) is 0.589. The van der Waals surface area contributed by atoms with Crippen molar-refractivity contribution in [3.63, 3.8) is 0 Å². The van der Waals surface area contributed by atoms with Crippen molar-refractivity contribution in [2.75, 3.05) is 0 Å². The molecule has 2 bridgehead atoms. The predicted molar refractivity (Wildman–Crippen MR) is 154 cm³/mol. The van der Waals surface area contributed by atoms with Gasteiger partial charge in [-0.15, -0.1) is 0 Å². The molecule has 38 heavy (non-hydrogen) atoms. The van der Waals surface area contributed by atoms with Crippen LogP contribution >= 0.6 is 0 Å². The molecule has 1 spiro atoms. The summed E-state index contributed by atoms with van der Waals surface area (Å²) < 4.78 is 2.20. The maximum absolute atomic E-state index is 5.06. The molecule has 1 saturated carbocycles. The number of aromatic nitrogens is 2. The summed E-state index contributed by atoms with van der Waals surface area (Å²) in [6, 6.07) is 25.9. The fourth-order valence-corrected chi connectivity index (χ4v) is 8.09. The summed E-state index contributed by atoms with van der Waals surface area (Å²) >= 11 is 0. The maximum atomic E-state index is 5.06. The van der Waals surface area contributed by atoms with Crippen LogP contribution in [0.3, 0.4) is 0 Å². The zero-order valence-corrected chi connectivity index (χ0v) is 21.0. The van der Waals surface area contributed by atoms with E-state index >= 15 is 0 Å². The molecule has 2 aromatic heterocycles. The van der Waals surface area contributed by atoms with Crippen molar-refractivity contribution < 1.29 is 0 Å². The topological polar surface area (TPSA) is 17.3 Å². The van der Waals surface area contributed by atoms with E-state index in [4.69, 9.17) is 4.98 Å². The number of hydrogen-bond acceptors (Lipinski definition) is 1. The molecule has 0 N–H and O–H groups in total. The van der Waals surface area contributed by atoms with E-state index in [1.165, 1.54) is 34.3 Å². The van der Waals surface area contributed by atoms with Crippen LogP contribution in [0.5, 0.6) is 0 Å². The van der Waals surface area contributed by atoms with Gasteiger partial charge in [0, 0.05) is 34.1 Å². The van der Waals surface area contributed by atoms with Crippen molar-refractivity contribution in [3.8, 4) is 22.5 Å². The predicted octanol–water partition coefficient (Wildman–Crippen LogP) is 8.38. The van der Waals surface area contributed by atoms with Crippen molar-refractivity contribution in [3.05, 3.63) is 150 Å². The van der Waals surface area contributed by atoms with Gasteiger partial charge in [0.25, 0.3) is 0 Å². The van der Waals surface area contributed by atoms with Gasteiger partial charge in [-0.05, 0) is 47.3 Å². The third-order valence-corrected chi connectivity index (χ3v) is 9.58. The van der Waals surface area contributed by atoms with Crippen LogP contribution in [0.25, 0.3) is 33.7 Å². The lowest BCUT2D eigenvalue weighted by atomic mass is 9.33. The summed E-state index contributed by atoms with van der Waals surface area (Å²) in [6.07, 6.45) is 23.6. The highest BCUT2D eigenvalue weighted by molar-refractivity contribution is 5.89. The third kappa shape index (κ3) is 2.46. The Kier molecular flexibility index (Phi) is 3.86. The summed E-state index contributed by atoms with van der Waals surface area (Å²) in [5, 5.41) is 0. The van der Waals surface area contributed by atoms with Gasteiger partial charge in [0.05, 0.1) is 11.4 Å². The molecule has 3 atom stereocenters. The molecule has 5 aliphatic carbocycles. The van der Waals surface area contributed by atoms with Crippen LogP contribution in [0.4, 0.5) is 0 Å². The van der Waals surface area contributed by atoms with E-state index in [1.54, 1.807) is 5.57 Å². The van der Waals surface area contributed by atoms with Gasteiger partial charge in [0.1, 0.15) is 5.65 Å². The van der Waals surface area contributed by atoms with Crippen LogP contribution < -0.4 is 0 Å². The molecule has 1 fully saturated rings. The second kappa shape index (κ2) is 7.11. The summed E-state index contributed by atoms with van der Waals surface area (Å²) in [4.78, 5) is 5.06. The van der Waals surface area contributed by atoms with Crippen molar-refractivity contribution >= 4 is 11.2 Å². The fraction of sp³-hybridized carbons (Fsp3) is 0.139. The second-order valence-corrected chi connectivity index (χ2v) is 11.3. The Morgan fingerprint density at radius 2 is 1.63 bits per heavy atom. The SMILES string of the molecule is C1=CC23C=CC4=CC=C(c5ccc(-c6nc7ccccn7c6-c6ccccc6)cc5)C5=CCC(=C1)C2C45C3. The minimum atomic E-state index is 0.147. The highest BCUT2D eigenvalue weighted by atomic mass is 15.0. The molecule has 2 aromatic carbocycles. The molecule has 0 radical (unpaired) electrons. The highest BCUT2D eigenvalue weighted by Gasteiger charge is 2.68. The van der Waals surface area contributed by atoms with Gasteiger partial charge in [-0.2, -0.15) is 0 Å². The Morgan fingerprint density at radius 1 is 0.789 bits per heavy atom. The quantitative estimate of drug-likeness (QED) is 0.284. The smallest absolute Gasteiger partial charge is 0.137 e. The van der Waals surface area contributed by atoms with Gasteiger partial charge >= 0.3 is 0 Å². The first-order valence-corrected chi connectivity index (χ1v) is 13.6. The van der Waals surface area contributed by atoms with E-state index in [-0.39, 0.29) is 10.8 Å². The van der Waals surface area contributed by atoms with E-state index in [9.17, 15) is 0 Å². The summed E-state index contributed by atoms with van der Waals surface area (Å²) in [6.45, 7) is 0. The lowest BCUT2D eigenvalue weighted by Crippen LogP contribution is -2.61. The van der Waals surface area contributed by atoms with Gasteiger partial charge in [-0.1, -0.05) is 115 Å². The molecule has 4 aromatic rings. The first-order chi connectivity index (χ1) is 18.8. The Bertz CT molecular complexity index is 1860. The summed E-state index contributed by atoms with van der Waals surface area (Å²) in [5.41, 5.74) is 13.1. The zero-order valence-electron chi connectivity index (χ0n) is 21.0. The Balaban J connectivity index is 1.15. The molecular formula is C36H26N2. The molecule has 180 valence electrons. The van der Waals surface area contributed by atoms with E-state index in [1.807, 2.05) is 0 Å². The van der Waals surface area contributed by atoms with Gasteiger partial charge in [0.15, 0.2) is 0 Å². The lowest BCUT2D eigenvalue weighted by molar-refractivity contribution is 0.0101. The minimum absolute atomic E-state index is 0.147. The molecule has 3 unspecified atom stereocenters. The van der Waals surface area contributed by atoms with Gasteiger partial charge in [0.2, 0.25) is 0 Å². The molecule has 0 amide bonds. The Labute approximate surface area is 222 Å². The van der Waals surface area contributed by atoms with E-state index in [0.717, 1.165) is 29.0 Å². The van der Waals surface area contributed by atoms with E-state index in [0.29, 0.717) is 5.92 Å². The standard InChI is InChI=1S/C36H26N2/c1-2-7-26(8-3-1)33-32(37-31-10-4-5-22-38(31)33)25-13-11-24(12-14-25)29-17-16-28-19-21-35-20-6-9-27-15-18-30(29)36(28,23-35)34(27)35/h1-14,16-22,34H,15,23H2. The fourth-order valence-electron chi connectivity index (χ4n) is 8.09. The largest absolute Gasteiger partial charge is 0.299 e. The molecule has 2 heteroatoms. The monoisotopic (exact) mass is 486 g/mol. The molecule has 0 aliphatic heterocycles. The maximum Gasteiger partial charge on any atom is 0.137 e. The van der Waals surface area contributed by atoms with Gasteiger partial charge < -0.3 is 0 Å². The number of rotatable bonds is 3. The number of nitrogens with zero attached hydrogens (tertiary/aromatic N) is 2. The lowest BCUT2D eigenvalue weighted by Gasteiger charge is -2.69. The second-order valence-electron chi connectivity index (χ2n) is 11.3. The van der Waals surface area contributed by atoms with Crippen molar-refractivity contribution in [2.45, 2.75) is 12.8 Å². The van der Waals surface area contributed by atoms with Crippen molar-refractivity contribution in [1.29, 1.82) is 0 Å². The van der Waals surface area contributed by atoms with Crippen LogP contribution in [0.15, 0.2) is 144 Å². The van der Waals surface area contributed by atoms with E-state index < -0.39 is 0 Å². The van der Waals surface area contributed by atoms with Gasteiger partial charge in [-0.25, -0.2) is 4.98 Å². The number of hydrogen-bond donors (Lipinski definition) is 0. The van der Waals surface area contributed by atoms with Crippen LogP contribution in [0, 0.1) is 16.7 Å². The minimum Gasteiger partial charge on any atom is -0.299 e. The van der Waals surface area contributed by atoms with Crippen LogP contribution in [-0.4, -0.2) is 9.38 Å². The van der Waals surface area contributed by atoms with Crippen LogP contribution in [-0.2, 0) is 0 Å². The molecule has 2 heterocycles. The Morgan fingerprint density at radius 3 is 2.53 bits per heavy atom. The average molecular weight is 487 g/mol. The highest BCUT2D eigenvalue weighted by Crippen LogP contribution is 2.77. The first kappa shape index (κ1) is 20.6. The van der Waals surface area contributed by atoms with Gasteiger partial charge in [-0.3, -0.25) is 4.40 Å². The molecule has 5 aliphatic rings. The van der Waals surface area contributed by atoms with Crippen molar-refractivity contribution in [1.82, 2.24) is 9.38 Å². The number of benzene rings is 2. The molecular weight excluding hydrogens is 460 g/mol. The number of pyridine rings is 1. The third-order valence-electron chi connectivity index (χ3n) is 9.58. The normalized spacial score (nSPS) is 27.6. The Hall–Kier alpha value is -4.43.